The first-order valence-corrected chi connectivity index (χ1v) is 39.0. The fourth-order valence-corrected chi connectivity index (χ4v) is 13.2. The number of hydrogen-bond acceptors (Lipinski definition) is 15. The van der Waals surface area contributed by atoms with E-state index in [2.05, 4.69) is 38.3 Å². The van der Waals surface area contributed by atoms with Crippen LogP contribution in [-0.2, 0) is 47.2 Å². The fourth-order valence-electron chi connectivity index (χ4n) is 12.6. The SMILES string of the molecule is CCCCCCCCCCCCCCCCCCCO[C@H]1O[C@H](CO[C@@H]2O[C@H](CO)[C@@H](OP(=O)(O)O)[C@H](O)[C@H]2NC(=O)C[C@@H](CCCCCCCCCCC)OC(=O)CCCCCCCCCCC)[C@@H](O)[C@H](O)[C@H]1NC(=O)C[C@H](O)CCCCCCCCCCC. The maximum absolute atomic E-state index is 14.2. The summed E-state index contributed by atoms with van der Waals surface area (Å²) in [5.74, 6) is -1.67. The van der Waals surface area contributed by atoms with E-state index in [1.807, 2.05) is 0 Å². The number of amides is 2. The highest BCUT2D eigenvalue weighted by molar-refractivity contribution is 7.46. The molecule has 0 aliphatic carbocycles. The van der Waals surface area contributed by atoms with E-state index < -0.39 is 112 Å². The Balaban J connectivity index is 2.21. The predicted molar refractivity (Wildman–Crippen MR) is 360 cm³/mol. The van der Waals surface area contributed by atoms with E-state index in [1.54, 1.807) is 0 Å². The number of rotatable bonds is 62. The van der Waals surface area contributed by atoms with Crippen LogP contribution in [0.2, 0.25) is 0 Å². The molecule has 2 aliphatic heterocycles. The van der Waals surface area contributed by atoms with Crippen molar-refractivity contribution in [3.8, 4) is 0 Å². The molecule has 9 N–H and O–H groups in total. The van der Waals surface area contributed by atoms with E-state index in [-0.39, 0.29) is 25.9 Å². The molecule has 0 unspecified atom stereocenters. The van der Waals surface area contributed by atoms with Gasteiger partial charge in [-0.15, -0.1) is 0 Å². The van der Waals surface area contributed by atoms with Crippen LogP contribution >= 0.6 is 7.82 Å². The maximum Gasteiger partial charge on any atom is 0.470 e. The maximum atomic E-state index is 14.2. The van der Waals surface area contributed by atoms with Gasteiger partial charge in [-0.3, -0.25) is 18.9 Å². The Morgan fingerprint density at radius 3 is 1.24 bits per heavy atom. The molecule has 2 rings (SSSR count). The molecule has 0 aromatic carbocycles. The Morgan fingerprint density at radius 1 is 0.451 bits per heavy atom. The second-order valence-corrected chi connectivity index (χ2v) is 28.0. The highest BCUT2D eigenvalue weighted by atomic mass is 31.2. The van der Waals surface area contributed by atoms with Gasteiger partial charge in [0, 0.05) is 13.0 Å². The van der Waals surface area contributed by atoms with Crippen LogP contribution in [0, 0.1) is 0 Å². The van der Waals surface area contributed by atoms with Gasteiger partial charge in [0.25, 0.3) is 0 Å². The van der Waals surface area contributed by atoms with Gasteiger partial charge < -0.3 is 69.6 Å². The number of phosphoric ester groups is 1. The van der Waals surface area contributed by atoms with Crippen molar-refractivity contribution in [2.45, 2.75) is 416 Å². The molecule has 0 aromatic rings. The zero-order valence-electron chi connectivity index (χ0n) is 57.9. The van der Waals surface area contributed by atoms with Crippen LogP contribution in [0.4, 0.5) is 0 Å². The number of aliphatic hydroxyl groups is 5. The van der Waals surface area contributed by atoms with Crippen molar-refractivity contribution in [2.75, 3.05) is 19.8 Å². The Kier molecular flexibility index (Phi) is 52.7. The number of esters is 1. The summed E-state index contributed by atoms with van der Waals surface area (Å²) in [5, 5.41) is 62.0. The number of ether oxygens (including phenoxy) is 5. The monoisotopic (exact) mass is 1320 g/mol. The summed E-state index contributed by atoms with van der Waals surface area (Å²) in [7, 11) is -5.32. The first-order chi connectivity index (χ1) is 44.1. The zero-order valence-corrected chi connectivity index (χ0v) is 58.8. The molecule has 12 atom stereocenters. The minimum absolute atomic E-state index is 0.200. The van der Waals surface area contributed by atoms with Crippen LogP contribution < -0.4 is 10.6 Å². The van der Waals surface area contributed by atoms with Crippen molar-refractivity contribution < 1.29 is 82.5 Å². The molecular weight excluding hydrogens is 1180 g/mol. The van der Waals surface area contributed by atoms with Crippen LogP contribution in [0.1, 0.15) is 342 Å². The standard InChI is InChI=1S/C71H137N2O17P/c1-5-9-13-17-21-25-26-27-28-29-30-31-32-36-40-44-48-52-85-70-64(72-61(76)53-57(75)49-45-41-37-33-22-18-14-10-6-2)67(80)66(79)60(89-70)56-86-71-65(68(81)69(59(55-74)88-71)90-91(82,83)84)73-62(77)54-58(50-46-42-38-34-23-19-15-11-7-3)87-63(78)51-47-43-39-35-24-20-16-12-8-4/h57-60,64-71,74-75,79-81H,5-56H2,1-4H3,(H,72,76)(H,73,77)(H2,82,83,84)/t57-,58-,59-,60-,64-,65-,66-,67-,68-,69-,70+,71-/m1/s1. The molecule has 0 bridgehead atoms. The summed E-state index contributed by atoms with van der Waals surface area (Å²) in [4.78, 5) is 60.8. The van der Waals surface area contributed by atoms with Crippen molar-refractivity contribution in [3.63, 3.8) is 0 Å². The Hall–Kier alpha value is -1.84. The summed E-state index contributed by atoms with van der Waals surface area (Å²) in [6, 6.07) is -2.86. The summed E-state index contributed by atoms with van der Waals surface area (Å²) < 4.78 is 47.8. The molecule has 2 heterocycles. The first-order valence-electron chi connectivity index (χ1n) is 37.5. The van der Waals surface area contributed by atoms with Gasteiger partial charge in [-0.1, -0.05) is 291 Å². The van der Waals surface area contributed by atoms with Crippen LogP contribution in [0.15, 0.2) is 0 Å². The predicted octanol–water partition coefficient (Wildman–Crippen LogP) is 14.5. The summed E-state index contributed by atoms with van der Waals surface area (Å²) >= 11 is 0. The van der Waals surface area contributed by atoms with Gasteiger partial charge in [-0.2, -0.15) is 0 Å². The quantitative estimate of drug-likeness (QED) is 0.0155. The van der Waals surface area contributed by atoms with Crippen LogP contribution in [0.3, 0.4) is 0 Å². The van der Waals surface area contributed by atoms with Crippen molar-refractivity contribution in [1.82, 2.24) is 10.6 Å². The Labute approximate surface area is 552 Å². The van der Waals surface area contributed by atoms with Gasteiger partial charge in [-0.05, 0) is 32.1 Å². The molecule has 91 heavy (non-hydrogen) atoms. The van der Waals surface area contributed by atoms with E-state index in [9.17, 15) is 54.3 Å². The molecule has 2 amide bonds. The fraction of sp³-hybridized carbons (Fsp3) is 0.958. The molecule has 538 valence electrons. The summed E-state index contributed by atoms with van der Waals surface area (Å²) in [6.45, 7) is 7.57. The van der Waals surface area contributed by atoms with Crippen molar-refractivity contribution in [3.05, 3.63) is 0 Å². The van der Waals surface area contributed by atoms with Gasteiger partial charge in [-0.25, -0.2) is 4.57 Å². The Morgan fingerprint density at radius 2 is 0.813 bits per heavy atom. The van der Waals surface area contributed by atoms with E-state index in [0.717, 1.165) is 96.3 Å². The van der Waals surface area contributed by atoms with Crippen molar-refractivity contribution in [2.24, 2.45) is 0 Å². The molecule has 0 aromatic heterocycles. The number of unbranched alkanes of at least 4 members (excludes halogenated alkanes) is 40. The molecule has 0 spiro atoms. The van der Waals surface area contributed by atoms with Gasteiger partial charge in [0.15, 0.2) is 12.6 Å². The number of nitrogens with one attached hydrogen (secondary N) is 2. The van der Waals surface area contributed by atoms with E-state index >= 15 is 0 Å². The molecule has 19 nitrogen and oxygen atoms in total. The lowest BCUT2D eigenvalue weighted by molar-refractivity contribution is -0.302. The third-order valence-electron chi connectivity index (χ3n) is 18.3. The number of carbonyl (C=O) groups excluding carboxylic acids is 3. The summed E-state index contributed by atoms with van der Waals surface area (Å²) in [5.41, 5.74) is 0. The first kappa shape index (κ1) is 85.2. The van der Waals surface area contributed by atoms with Crippen LogP contribution in [-0.4, -0.2) is 146 Å². The van der Waals surface area contributed by atoms with Gasteiger partial charge in [0.2, 0.25) is 11.8 Å². The minimum atomic E-state index is -5.32. The smallest absolute Gasteiger partial charge is 0.462 e. The molecular formula is C71H137N2O17P. The molecule has 0 saturated carbocycles. The molecule has 2 aliphatic rings. The highest BCUT2D eigenvalue weighted by Gasteiger charge is 2.51. The second-order valence-electron chi connectivity index (χ2n) is 26.8. The zero-order chi connectivity index (χ0) is 66.6. The van der Waals surface area contributed by atoms with Crippen molar-refractivity contribution >= 4 is 25.6 Å². The lowest BCUT2D eigenvalue weighted by Gasteiger charge is -2.45. The molecule has 2 fully saturated rings. The largest absolute Gasteiger partial charge is 0.470 e. The third kappa shape index (κ3) is 43.1. The van der Waals surface area contributed by atoms with Gasteiger partial charge in [0.05, 0.1) is 32.2 Å². The average molecular weight is 1320 g/mol. The van der Waals surface area contributed by atoms with Crippen LogP contribution in [0.5, 0.6) is 0 Å². The van der Waals surface area contributed by atoms with Crippen LogP contribution in [0.25, 0.3) is 0 Å². The van der Waals surface area contributed by atoms with Crippen molar-refractivity contribution in [1.29, 1.82) is 0 Å². The molecule has 20 heteroatoms. The number of aliphatic hydroxyl groups excluding tert-OH is 5. The highest BCUT2D eigenvalue weighted by Crippen LogP contribution is 2.42. The topological polar surface area (TPSA) is 289 Å². The lowest BCUT2D eigenvalue weighted by atomic mass is 9.95. The lowest BCUT2D eigenvalue weighted by Crippen LogP contribution is -2.67. The molecule has 0 radical (unpaired) electrons. The molecule has 2 saturated heterocycles. The number of hydrogen-bond donors (Lipinski definition) is 9. The van der Waals surface area contributed by atoms with Gasteiger partial charge in [0.1, 0.15) is 54.8 Å². The third-order valence-corrected chi connectivity index (χ3v) is 18.8. The van der Waals surface area contributed by atoms with E-state index in [0.29, 0.717) is 32.1 Å². The van der Waals surface area contributed by atoms with E-state index in [1.165, 1.54) is 167 Å². The number of phosphoric acid groups is 1. The Bertz CT molecular complexity index is 1780. The van der Waals surface area contributed by atoms with E-state index in [4.69, 9.17) is 28.2 Å². The van der Waals surface area contributed by atoms with Gasteiger partial charge >= 0.3 is 13.8 Å². The average Bonchev–Trinajstić information content (AvgIpc) is 0.919. The normalized spacial score (nSPS) is 22.7. The number of carbonyl (C=O) groups is 3. The minimum Gasteiger partial charge on any atom is -0.462 e. The summed E-state index contributed by atoms with van der Waals surface area (Å²) in [6.07, 6.45) is 35.5. The second kappa shape index (κ2) is 56.2.